The molecule has 0 radical (unpaired) electrons. The molecular formula is C38H32F2N4O2. The highest BCUT2D eigenvalue weighted by Crippen LogP contribution is 2.29. The molecule has 3 aromatic heterocycles. The summed E-state index contributed by atoms with van der Waals surface area (Å²) in [6.45, 7) is 4.51. The van der Waals surface area contributed by atoms with Crippen LogP contribution in [-0.2, 0) is 22.7 Å². The quantitative estimate of drug-likeness (QED) is 0.179. The molecule has 2 unspecified atom stereocenters. The van der Waals surface area contributed by atoms with Gasteiger partial charge in [-0.15, -0.1) is 0 Å². The number of aromatic nitrogens is 4. The van der Waals surface area contributed by atoms with Gasteiger partial charge in [-0.2, -0.15) is 0 Å². The van der Waals surface area contributed by atoms with Gasteiger partial charge in [0.15, 0.2) is 0 Å². The van der Waals surface area contributed by atoms with Crippen molar-refractivity contribution in [1.29, 1.82) is 0 Å². The first-order valence-electron chi connectivity index (χ1n) is 15.2. The smallest absolute Gasteiger partial charge is 0.123 e. The van der Waals surface area contributed by atoms with Gasteiger partial charge in [0.25, 0.3) is 0 Å². The number of H-pyrrole nitrogens is 2. The number of ether oxygens (including phenoxy) is 2. The van der Waals surface area contributed by atoms with E-state index in [4.69, 9.17) is 19.4 Å². The molecule has 0 saturated carbocycles. The molecule has 8 heteroatoms. The fraction of sp³-hybridized carbons (Fsp3) is 0.158. The Kier molecular flexibility index (Phi) is 8.13. The zero-order valence-electron chi connectivity index (χ0n) is 25.4. The number of rotatable bonds is 8. The van der Waals surface area contributed by atoms with Crippen LogP contribution in [0.2, 0.25) is 0 Å². The Morgan fingerprint density at radius 1 is 0.565 bits per heavy atom. The summed E-state index contributed by atoms with van der Waals surface area (Å²) < 4.78 is 40.0. The zero-order valence-corrected chi connectivity index (χ0v) is 25.4. The number of fused-ring (bicyclic) bond motifs is 8. The summed E-state index contributed by atoms with van der Waals surface area (Å²) in [5, 5.41) is 0. The molecule has 230 valence electrons. The van der Waals surface area contributed by atoms with Crippen LogP contribution in [0.1, 0.15) is 71.1 Å². The van der Waals surface area contributed by atoms with Crippen LogP contribution in [0.4, 0.5) is 8.78 Å². The minimum atomic E-state index is -0.303. The lowest BCUT2D eigenvalue weighted by molar-refractivity contribution is 0.0533. The lowest BCUT2D eigenvalue weighted by Crippen LogP contribution is -2.00. The topological polar surface area (TPSA) is 75.8 Å². The van der Waals surface area contributed by atoms with Crippen LogP contribution < -0.4 is 0 Å². The Hall–Kier alpha value is -5.18. The highest BCUT2D eigenvalue weighted by molar-refractivity contribution is 5.79. The molecule has 2 atom stereocenters. The molecule has 0 saturated heterocycles. The van der Waals surface area contributed by atoms with Crippen molar-refractivity contribution < 1.29 is 18.3 Å². The molecule has 5 heterocycles. The summed E-state index contributed by atoms with van der Waals surface area (Å²) in [5.74, 6) is -0.581. The number of nitrogens with zero attached hydrogens (tertiary/aromatic N) is 2. The summed E-state index contributed by atoms with van der Waals surface area (Å²) in [6.07, 6.45) is 7.28. The Morgan fingerprint density at radius 3 is 1.54 bits per heavy atom. The molecule has 46 heavy (non-hydrogen) atoms. The first kappa shape index (κ1) is 29.5. The van der Waals surface area contributed by atoms with E-state index in [1.54, 1.807) is 12.1 Å². The van der Waals surface area contributed by atoms with E-state index in [1.807, 2.05) is 74.5 Å². The highest BCUT2D eigenvalue weighted by Gasteiger charge is 2.15. The second-order valence-electron chi connectivity index (χ2n) is 11.5. The first-order chi connectivity index (χ1) is 22.3. The van der Waals surface area contributed by atoms with Crippen molar-refractivity contribution in [3.05, 3.63) is 142 Å². The van der Waals surface area contributed by atoms with E-state index in [0.717, 1.165) is 67.1 Å². The predicted molar refractivity (Wildman–Crippen MR) is 178 cm³/mol. The maximum atomic E-state index is 13.8. The van der Waals surface area contributed by atoms with E-state index in [0.29, 0.717) is 0 Å². The van der Waals surface area contributed by atoms with Crippen molar-refractivity contribution in [2.24, 2.45) is 0 Å². The van der Waals surface area contributed by atoms with Crippen LogP contribution in [0.5, 0.6) is 0 Å². The largest absolute Gasteiger partial charge is 0.369 e. The van der Waals surface area contributed by atoms with Crippen LogP contribution in [0.25, 0.3) is 46.4 Å². The molecule has 2 aliphatic heterocycles. The minimum Gasteiger partial charge on any atom is -0.369 e. The third kappa shape index (κ3) is 6.73. The summed E-state index contributed by atoms with van der Waals surface area (Å²) in [6, 6.07) is 25.0. The van der Waals surface area contributed by atoms with Gasteiger partial charge in [0.05, 0.1) is 48.2 Å². The van der Waals surface area contributed by atoms with Crippen molar-refractivity contribution in [3.63, 3.8) is 0 Å². The summed E-state index contributed by atoms with van der Waals surface area (Å²) >= 11 is 0. The monoisotopic (exact) mass is 614 g/mol. The molecule has 2 aromatic carbocycles. The maximum Gasteiger partial charge on any atom is 0.123 e. The normalized spacial score (nSPS) is 13.7. The number of halogens is 2. The van der Waals surface area contributed by atoms with Gasteiger partial charge in [0.1, 0.15) is 11.6 Å². The lowest BCUT2D eigenvalue weighted by Gasteiger charge is -2.12. The highest BCUT2D eigenvalue weighted by atomic mass is 19.1. The lowest BCUT2D eigenvalue weighted by atomic mass is 10.1. The predicted octanol–water partition coefficient (Wildman–Crippen LogP) is 9.49. The molecule has 0 spiro atoms. The third-order valence-corrected chi connectivity index (χ3v) is 8.01. The Balaban J connectivity index is 1.33. The van der Waals surface area contributed by atoms with E-state index in [2.05, 4.69) is 22.1 Å². The number of benzene rings is 2. The Labute approximate surface area is 265 Å². The van der Waals surface area contributed by atoms with Gasteiger partial charge in [-0.05, 0) is 110 Å². The second-order valence-corrected chi connectivity index (χ2v) is 11.5. The summed E-state index contributed by atoms with van der Waals surface area (Å²) in [5.41, 5.74) is 10.1. The molecule has 8 bridgehead atoms. The van der Waals surface area contributed by atoms with Crippen molar-refractivity contribution in [1.82, 2.24) is 19.9 Å². The van der Waals surface area contributed by atoms with Crippen molar-refractivity contribution >= 4 is 46.4 Å². The average molecular weight is 615 g/mol. The SMILES string of the molecule is CC(OCc1cccc(F)c1)c1cc2cc3[nH]c(cc4nc(cc5nc(cc1[nH]2)C=C5)C=C4)cc3C(C)OCc1cccc(F)c1. The van der Waals surface area contributed by atoms with Crippen LogP contribution in [0.15, 0.2) is 84.9 Å². The van der Waals surface area contributed by atoms with Gasteiger partial charge in [-0.1, -0.05) is 24.3 Å². The van der Waals surface area contributed by atoms with Crippen molar-refractivity contribution in [2.75, 3.05) is 0 Å². The molecule has 7 rings (SSSR count). The molecule has 2 aliphatic rings. The van der Waals surface area contributed by atoms with Gasteiger partial charge >= 0.3 is 0 Å². The van der Waals surface area contributed by atoms with E-state index in [1.165, 1.54) is 24.3 Å². The summed E-state index contributed by atoms with van der Waals surface area (Å²) in [7, 11) is 0. The number of nitrogens with one attached hydrogen (secondary N) is 2. The van der Waals surface area contributed by atoms with Crippen LogP contribution >= 0.6 is 0 Å². The maximum absolute atomic E-state index is 13.8. The molecule has 0 amide bonds. The van der Waals surface area contributed by atoms with E-state index >= 15 is 0 Å². The van der Waals surface area contributed by atoms with E-state index in [9.17, 15) is 8.78 Å². The number of hydrogen-bond donors (Lipinski definition) is 2. The third-order valence-electron chi connectivity index (χ3n) is 8.01. The summed E-state index contributed by atoms with van der Waals surface area (Å²) in [4.78, 5) is 16.6. The molecule has 6 nitrogen and oxygen atoms in total. The molecule has 5 aromatic rings. The van der Waals surface area contributed by atoms with Crippen molar-refractivity contribution in [3.8, 4) is 0 Å². The standard InChI is InChI=1S/C38H32F2N4O2/c1-23(45-21-25-5-3-7-27(39)13-25)35-17-33-16-31-10-9-29(41-31)15-30-11-12-32(42-30)19-37-36(18-34(44-37)20-38(35)43-33)24(2)46-22-26-6-4-8-28(40)14-26/h3-20,23-24,43-44H,21-22H2,1-2H3. The van der Waals surface area contributed by atoms with Crippen LogP contribution in [0.3, 0.4) is 0 Å². The average Bonchev–Trinajstić information content (AvgIpc) is 3.84. The molecule has 2 N–H and O–H groups in total. The minimum absolute atomic E-state index is 0.269. The molecular weight excluding hydrogens is 582 g/mol. The van der Waals surface area contributed by atoms with Crippen LogP contribution in [-0.4, -0.2) is 19.9 Å². The fourth-order valence-corrected chi connectivity index (χ4v) is 5.69. The molecule has 0 fully saturated rings. The van der Waals surface area contributed by atoms with Gasteiger partial charge in [-0.25, -0.2) is 18.7 Å². The van der Waals surface area contributed by atoms with Crippen LogP contribution in [0, 0.1) is 11.6 Å². The van der Waals surface area contributed by atoms with Gasteiger partial charge in [-0.3, -0.25) is 0 Å². The second kappa shape index (κ2) is 12.7. The first-order valence-corrected chi connectivity index (χ1v) is 15.2. The Morgan fingerprint density at radius 2 is 1.02 bits per heavy atom. The van der Waals surface area contributed by atoms with E-state index in [-0.39, 0.29) is 37.1 Å². The van der Waals surface area contributed by atoms with Crippen molar-refractivity contribution in [2.45, 2.75) is 39.3 Å². The van der Waals surface area contributed by atoms with Gasteiger partial charge in [0, 0.05) is 33.2 Å². The number of aromatic amines is 2. The van der Waals surface area contributed by atoms with E-state index < -0.39 is 0 Å². The Bertz CT molecular complexity index is 2150. The van der Waals surface area contributed by atoms with Gasteiger partial charge in [0.2, 0.25) is 0 Å². The fourth-order valence-electron chi connectivity index (χ4n) is 5.69. The van der Waals surface area contributed by atoms with Gasteiger partial charge < -0.3 is 19.4 Å². The number of hydrogen-bond acceptors (Lipinski definition) is 4. The molecule has 0 aliphatic carbocycles. The zero-order chi connectivity index (χ0) is 31.6.